The van der Waals surface area contributed by atoms with Gasteiger partial charge in [0.05, 0.1) is 18.5 Å². The molecule has 3 rings (SSSR count). The number of hydrazone groups is 1. The van der Waals surface area contributed by atoms with Crippen molar-refractivity contribution in [1.82, 2.24) is 15.2 Å². The normalized spacial score (nSPS) is 11.3. The van der Waals surface area contributed by atoms with Crippen molar-refractivity contribution in [3.8, 4) is 0 Å². The molecule has 144 valence electrons. The highest BCUT2D eigenvalue weighted by Crippen LogP contribution is 2.14. The van der Waals surface area contributed by atoms with Crippen LogP contribution in [-0.4, -0.2) is 21.9 Å². The third-order valence-corrected chi connectivity index (χ3v) is 4.61. The van der Waals surface area contributed by atoms with Crippen LogP contribution >= 0.6 is 0 Å². The maximum absolute atomic E-state index is 12.4. The lowest BCUT2D eigenvalue weighted by Crippen LogP contribution is -2.18. The van der Waals surface area contributed by atoms with E-state index >= 15 is 0 Å². The lowest BCUT2D eigenvalue weighted by Gasteiger charge is -2.07. The van der Waals surface area contributed by atoms with Crippen LogP contribution in [0.2, 0.25) is 0 Å². The molecule has 0 bridgehead atoms. The van der Waals surface area contributed by atoms with Gasteiger partial charge in [0.25, 0.3) is 5.91 Å². The monoisotopic (exact) mass is 374 g/mol. The Morgan fingerprint density at radius 3 is 2.54 bits per heavy atom. The van der Waals surface area contributed by atoms with Crippen LogP contribution in [0.5, 0.6) is 0 Å². The van der Waals surface area contributed by atoms with Crippen LogP contribution < -0.4 is 5.43 Å². The van der Waals surface area contributed by atoms with Crippen LogP contribution in [0, 0.1) is 13.8 Å². The largest absolute Gasteiger partial charge is 0.271 e. The molecule has 0 spiro atoms. The van der Waals surface area contributed by atoms with E-state index in [4.69, 9.17) is 0 Å². The van der Waals surface area contributed by atoms with Crippen LogP contribution in [0.15, 0.2) is 59.7 Å². The summed E-state index contributed by atoms with van der Waals surface area (Å²) in [6.07, 6.45) is 1.65. The Morgan fingerprint density at radius 1 is 1.14 bits per heavy atom. The number of amides is 1. The van der Waals surface area contributed by atoms with Crippen molar-refractivity contribution in [1.29, 1.82) is 0 Å². The average molecular weight is 374 g/mol. The summed E-state index contributed by atoms with van der Waals surface area (Å²) in [6, 6.07) is 17.7. The predicted octanol–water partition coefficient (Wildman–Crippen LogP) is 4.44. The van der Waals surface area contributed by atoms with Crippen molar-refractivity contribution in [2.24, 2.45) is 5.10 Å². The molecule has 1 aromatic heterocycles. The van der Waals surface area contributed by atoms with Crippen LogP contribution in [0.1, 0.15) is 58.2 Å². The van der Waals surface area contributed by atoms with Gasteiger partial charge in [-0.25, -0.2) is 5.43 Å². The van der Waals surface area contributed by atoms with E-state index in [2.05, 4.69) is 41.6 Å². The van der Waals surface area contributed by atoms with Gasteiger partial charge >= 0.3 is 0 Å². The lowest BCUT2D eigenvalue weighted by atomic mass is 10.0. The van der Waals surface area contributed by atoms with E-state index in [9.17, 15) is 4.79 Å². The Morgan fingerprint density at radius 2 is 1.89 bits per heavy atom. The van der Waals surface area contributed by atoms with E-state index in [0.29, 0.717) is 18.0 Å². The fourth-order valence-electron chi connectivity index (χ4n) is 3.02. The first-order valence-electron chi connectivity index (χ1n) is 9.46. The minimum atomic E-state index is -0.231. The Hall–Kier alpha value is -3.21. The van der Waals surface area contributed by atoms with Gasteiger partial charge < -0.3 is 0 Å². The lowest BCUT2D eigenvalue weighted by molar-refractivity contribution is 0.0955. The Kier molecular flexibility index (Phi) is 6.04. The molecule has 0 aliphatic carbocycles. The highest BCUT2D eigenvalue weighted by atomic mass is 16.2. The third kappa shape index (κ3) is 4.94. The van der Waals surface area contributed by atoms with Gasteiger partial charge in [0.2, 0.25) is 0 Å². The zero-order valence-corrected chi connectivity index (χ0v) is 16.8. The van der Waals surface area contributed by atoms with Gasteiger partial charge in [0, 0.05) is 11.3 Å². The Bertz CT molecular complexity index is 984. The van der Waals surface area contributed by atoms with E-state index in [1.165, 1.54) is 5.56 Å². The van der Waals surface area contributed by atoms with E-state index < -0.39 is 0 Å². The number of aromatic nitrogens is 2. The molecule has 5 heteroatoms. The zero-order chi connectivity index (χ0) is 20.1. The van der Waals surface area contributed by atoms with Crippen LogP contribution in [0.4, 0.5) is 0 Å². The van der Waals surface area contributed by atoms with Crippen LogP contribution in [0.3, 0.4) is 0 Å². The second-order valence-corrected chi connectivity index (χ2v) is 7.31. The Balaban J connectivity index is 1.63. The van der Waals surface area contributed by atoms with E-state index in [-0.39, 0.29) is 5.91 Å². The smallest absolute Gasteiger partial charge is 0.267 e. The van der Waals surface area contributed by atoms with E-state index in [0.717, 1.165) is 22.5 Å². The Labute approximate surface area is 166 Å². The summed E-state index contributed by atoms with van der Waals surface area (Å²) in [5.41, 5.74) is 8.51. The van der Waals surface area contributed by atoms with Crippen molar-refractivity contribution in [2.45, 2.75) is 40.2 Å². The van der Waals surface area contributed by atoms with Gasteiger partial charge in [-0.2, -0.15) is 10.2 Å². The predicted molar refractivity (Wildman–Crippen MR) is 113 cm³/mol. The molecule has 3 aromatic rings. The van der Waals surface area contributed by atoms with Gasteiger partial charge in [-0.05, 0) is 54.7 Å². The third-order valence-electron chi connectivity index (χ3n) is 4.61. The zero-order valence-electron chi connectivity index (χ0n) is 16.8. The van der Waals surface area contributed by atoms with Crippen molar-refractivity contribution in [3.63, 3.8) is 0 Å². The van der Waals surface area contributed by atoms with E-state index in [1.807, 2.05) is 54.9 Å². The molecular formula is C23H26N4O. The molecule has 5 nitrogen and oxygen atoms in total. The van der Waals surface area contributed by atoms with Crippen LogP contribution in [-0.2, 0) is 6.54 Å². The highest BCUT2D eigenvalue weighted by Gasteiger charge is 2.07. The van der Waals surface area contributed by atoms with Gasteiger partial charge in [0.15, 0.2) is 0 Å². The fraction of sp³-hybridized carbons (Fsp3) is 0.261. The molecule has 0 aliphatic rings. The minimum absolute atomic E-state index is 0.231. The summed E-state index contributed by atoms with van der Waals surface area (Å²) >= 11 is 0. The molecule has 0 saturated heterocycles. The number of hydrogen-bond acceptors (Lipinski definition) is 3. The first-order chi connectivity index (χ1) is 13.4. The number of aryl methyl sites for hydroxylation is 2. The summed E-state index contributed by atoms with van der Waals surface area (Å²) in [4.78, 5) is 12.4. The molecule has 0 aliphatic heterocycles. The number of hydrogen-bond donors (Lipinski definition) is 1. The molecule has 0 radical (unpaired) electrons. The first-order valence-corrected chi connectivity index (χ1v) is 9.46. The molecule has 28 heavy (non-hydrogen) atoms. The van der Waals surface area contributed by atoms with Gasteiger partial charge in [-0.15, -0.1) is 0 Å². The van der Waals surface area contributed by atoms with Crippen molar-refractivity contribution in [3.05, 3.63) is 88.2 Å². The van der Waals surface area contributed by atoms with Crippen molar-refractivity contribution >= 4 is 12.1 Å². The molecule has 0 saturated carbocycles. The number of nitrogens with one attached hydrogen (secondary N) is 1. The van der Waals surface area contributed by atoms with Crippen molar-refractivity contribution < 1.29 is 4.79 Å². The number of carbonyl (C=O) groups excluding carboxylic acids is 1. The number of benzene rings is 2. The second kappa shape index (κ2) is 8.65. The van der Waals surface area contributed by atoms with Gasteiger partial charge in [-0.1, -0.05) is 50.2 Å². The highest BCUT2D eigenvalue weighted by molar-refractivity contribution is 5.95. The average Bonchev–Trinajstić information content (AvgIpc) is 2.99. The minimum Gasteiger partial charge on any atom is -0.267 e. The molecule has 1 heterocycles. The standard InChI is InChI=1S/C23H26N4O/c1-16(2)21-10-8-19(9-11-21)14-24-25-23(28)22-7-5-6-20(13-22)15-27-18(4)12-17(3)26-27/h5-14,16H,15H2,1-4H3,(H,25,28)/b24-14-. The number of nitrogens with zero attached hydrogens (tertiary/aromatic N) is 3. The molecule has 0 fully saturated rings. The van der Waals surface area contributed by atoms with Gasteiger partial charge in [0.1, 0.15) is 0 Å². The molecule has 0 unspecified atom stereocenters. The summed E-state index contributed by atoms with van der Waals surface area (Å²) in [6.45, 7) is 8.95. The molecule has 2 aromatic carbocycles. The molecule has 1 amide bonds. The maximum atomic E-state index is 12.4. The maximum Gasteiger partial charge on any atom is 0.271 e. The quantitative estimate of drug-likeness (QED) is 0.512. The molecular weight excluding hydrogens is 348 g/mol. The first kappa shape index (κ1) is 19.5. The summed E-state index contributed by atoms with van der Waals surface area (Å²) in [7, 11) is 0. The number of rotatable bonds is 6. The fourth-order valence-corrected chi connectivity index (χ4v) is 3.02. The molecule has 0 atom stereocenters. The summed E-state index contributed by atoms with van der Waals surface area (Å²) < 4.78 is 1.94. The SMILES string of the molecule is Cc1cc(C)n(Cc2cccc(C(=O)N/N=C\c3ccc(C(C)C)cc3)c2)n1. The topological polar surface area (TPSA) is 59.3 Å². The molecule has 1 N–H and O–H groups in total. The summed E-state index contributed by atoms with van der Waals surface area (Å²) in [5, 5.41) is 8.55. The van der Waals surface area contributed by atoms with Crippen molar-refractivity contribution in [2.75, 3.05) is 0 Å². The summed E-state index contributed by atoms with van der Waals surface area (Å²) in [5.74, 6) is 0.262. The van der Waals surface area contributed by atoms with Crippen LogP contribution in [0.25, 0.3) is 0 Å². The van der Waals surface area contributed by atoms with Gasteiger partial charge in [-0.3, -0.25) is 9.48 Å². The van der Waals surface area contributed by atoms with E-state index in [1.54, 1.807) is 12.3 Å². The second-order valence-electron chi connectivity index (χ2n) is 7.31. The number of carbonyl (C=O) groups is 1.